The van der Waals surface area contributed by atoms with Crippen LogP contribution in [0.5, 0.6) is 5.75 Å². The van der Waals surface area contributed by atoms with Gasteiger partial charge in [-0.25, -0.2) is 0 Å². The molecule has 3 nitrogen and oxygen atoms in total. The molecule has 0 atom stereocenters. The predicted molar refractivity (Wildman–Crippen MR) is 109 cm³/mol. The smallest absolute Gasteiger partial charge is 0.310 e. The molecule has 0 aliphatic rings. The molecule has 27 heavy (non-hydrogen) atoms. The van der Waals surface area contributed by atoms with Crippen molar-refractivity contribution in [1.29, 1.82) is 0 Å². The van der Waals surface area contributed by atoms with Gasteiger partial charge in [0.2, 0.25) is 0 Å². The zero-order chi connectivity index (χ0) is 19.4. The Labute approximate surface area is 160 Å². The van der Waals surface area contributed by atoms with E-state index in [9.17, 15) is 4.79 Å². The standard InChI is InChI=1S/C24H26O3/c1-17-19(15-23(25)27-24(2,3)4)14-22(21-13-9-8-12-20(17)21)26-16-18-10-6-5-7-11-18/h5-14H,15-16H2,1-4H3. The van der Waals surface area contributed by atoms with Crippen LogP contribution in [-0.4, -0.2) is 11.6 Å². The lowest BCUT2D eigenvalue weighted by molar-refractivity contribution is -0.153. The third-order valence-electron chi connectivity index (χ3n) is 4.38. The van der Waals surface area contributed by atoms with Crippen LogP contribution in [0.25, 0.3) is 10.8 Å². The quantitative estimate of drug-likeness (QED) is 0.553. The first kappa shape index (κ1) is 19.0. The van der Waals surface area contributed by atoms with Gasteiger partial charge in [-0.3, -0.25) is 4.79 Å². The number of hydrogen-bond donors (Lipinski definition) is 0. The Kier molecular flexibility index (Phi) is 5.50. The normalized spacial score (nSPS) is 11.4. The maximum absolute atomic E-state index is 12.3. The van der Waals surface area contributed by atoms with Gasteiger partial charge < -0.3 is 9.47 Å². The molecule has 0 bridgehead atoms. The Hall–Kier alpha value is -2.81. The number of ether oxygens (including phenoxy) is 2. The van der Waals surface area contributed by atoms with E-state index in [-0.39, 0.29) is 12.4 Å². The highest BCUT2D eigenvalue weighted by molar-refractivity contribution is 5.93. The molecule has 0 saturated carbocycles. The van der Waals surface area contributed by atoms with Crippen molar-refractivity contribution in [2.24, 2.45) is 0 Å². The number of aryl methyl sites for hydroxylation is 1. The average Bonchev–Trinajstić information content (AvgIpc) is 2.62. The number of esters is 1. The number of rotatable bonds is 5. The van der Waals surface area contributed by atoms with Crippen LogP contribution in [0.4, 0.5) is 0 Å². The molecule has 3 aromatic rings. The Morgan fingerprint density at radius 2 is 1.56 bits per heavy atom. The number of hydrogen-bond acceptors (Lipinski definition) is 3. The van der Waals surface area contributed by atoms with Gasteiger partial charge in [0.05, 0.1) is 6.42 Å². The van der Waals surface area contributed by atoms with Crippen molar-refractivity contribution in [2.75, 3.05) is 0 Å². The molecule has 0 N–H and O–H groups in total. The highest BCUT2D eigenvalue weighted by Gasteiger charge is 2.19. The van der Waals surface area contributed by atoms with Crippen LogP contribution in [0.15, 0.2) is 60.7 Å². The van der Waals surface area contributed by atoms with Gasteiger partial charge >= 0.3 is 5.97 Å². The Morgan fingerprint density at radius 3 is 2.22 bits per heavy atom. The zero-order valence-corrected chi connectivity index (χ0v) is 16.4. The van der Waals surface area contributed by atoms with Gasteiger partial charge in [0, 0.05) is 5.39 Å². The van der Waals surface area contributed by atoms with Gasteiger partial charge in [-0.2, -0.15) is 0 Å². The van der Waals surface area contributed by atoms with Crippen molar-refractivity contribution in [2.45, 2.75) is 46.3 Å². The van der Waals surface area contributed by atoms with E-state index in [2.05, 4.69) is 12.1 Å². The summed E-state index contributed by atoms with van der Waals surface area (Å²) >= 11 is 0. The summed E-state index contributed by atoms with van der Waals surface area (Å²) in [5.74, 6) is 0.563. The van der Waals surface area contributed by atoms with Crippen molar-refractivity contribution in [3.05, 3.63) is 77.4 Å². The Morgan fingerprint density at radius 1 is 0.926 bits per heavy atom. The lowest BCUT2D eigenvalue weighted by Gasteiger charge is -2.20. The fourth-order valence-corrected chi connectivity index (χ4v) is 3.11. The van der Waals surface area contributed by atoms with Gasteiger partial charge in [-0.05, 0) is 55.8 Å². The molecule has 0 amide bonds. The summed E-state index contributed by atoms with van der Waals surface area (Å²) in [5.41, 5.74) is 2.64. The fraction of sp³-hybridized carbons (Fsp3) is 0.292. The van der Waals surface area contributed by atoms with Crippen LogP contribution in [-0.2, 0) is 22.6 Å². The molecule has 0 aliphatic carbocycles. The Balaban J connectivity index is 1.92. The van der Waals surface area contributed by atoms with E-state index in [0.717, 1.165) is 33.2 Å². The number of benzene rings is 3. The van der Waals surface area contributed by atoms with Gasteiger partial charge in [-0.15, -0.1) is 0 Å². The molecule has 140 valence electrons. The maximum atomic E-state index is 12.3. The number of carbonyl (C=O) groups is 1. The van der Waals surface area contributed by atoms with Gasteiger partial charge in [0.1, 0.15) is 18.0 Å². The second-order valence-corrected chi connectivity index (χ2v) is 7.74. The van der Waals surface area contributed by atoms with Crippen LogP contribution < -0.4 is 4.74 Å². The second-order valence-electron chi connectivity index (χ2n) is 7.74. The molecule has 0 aromatic heterocycles. The van der Waals surface area contributed by atoms with Crippen LogP contribution in [0.1, 0.15) is 37.5 Å². The molecule has 0 unspecified atom stereocenters. The largest absolute Gasteiger partial charge is 0.488 e. The minimum absolute atomic E-state index is 0.227. The number of fused-ring (bicyclic) bond motifs is 1. The lowest BCUT2D eigenvalue weighted by Crippen LogP contribution is -2.25. The lowest BCUT2D eigenvalue weighted by atomic mass is 9.97. The van der Waals surface area contributed by atoms with E-state index < -0.39 is 5.60 Å². The molecule has 0 saturated heterocycles. The van der Waals surface area contributed by atoms with Gasteiger partial charge in [0.15, 0.2) is 0 Å². The molecule has 0 spiro atoms. The highest BCUT2D eigenvalue weighted by atomic mass is 16.6. The molecule has 3 aromatic carbocycles. The first-order valence-electron chi connectivity index (χ1n) is 9.23. The van der Waals surface area contributed by atoms with Crippen molar-refractivity contribution in [3.8, 4) is 5.75 Å². The zero-order valence-electron chi connectivity index (χ0n) is 16.4. The molecular formula is C24H26O3. The van der Waals surface area contributed by atoms with E-state index in [1.54, 1.807) is 0 Å². The summed E-state index contributed by atoms with van der Waals surface area (Å²) in [5, 5.41) is 2.15. The summed E-state index contributed by atoms with van der Waals surface area (Å²) < 4.78 is 11.6. The molecule has 0 aliphatic heterocycles. The highest BCUT2D eigenvalue weighted by Crippen LogP contribution is 2.32. The minimum atomic E-state index is -0.492. The van der Waals surface area contributed by atoms with Crippen molar-refractivity contribution < 1.29 is 14.3 Å². The van der Waals surface area contributed by atoms with E-state index in [0.29, 0.717) is 6.61 Å². The summed E-state index contributed by atoms with van der Waals surface area (Å²) in [6, 6.07) is 20.2. The molecule has 0 radical (unpaired) electrons. The minimum Gasteiger partial charge on any atom is -0.488 e. The summed E-state index contributed by atoms with van der Waals surface area (Å²) in [4.78, 5) is 12.3. The van der Waals surface area contributed by atoms with Crippen LogP contribution in [0.2, 0.25) is 0 Å². The fourth-order valence-electron chi connectivity index (χ4n) is 3.11. The first-order chi connectivity index (χ1) is 12.8. The topological polar surface area (TPSA) is 35.5 Å². The van der Waals surface area contributed by atoms with Crippen molar-refractivity contribution >= 4 is 16.7 Å². The Bertz CT molecular complexity index is 937. The summed E-state index contributed by atoms with van der Waals surface area (Å²) in [6.07, 6.45) is 0.232. The third-order valence-corrected chi connectivity index (χ3v) is 4.38. The van der Waals surface area contributed by atoms with Crippen molar-refractivity contribution in [1.82, 2.24) is 0 Å². The van der Waals surface area contributed by atoms with E-state index >= 15 is 0 Å². The maximum Gasteiger partial charge on any atom is 0.310 e. The van der Waals surface area contributed by atoms with Gasteiger partial charge in [0.25, 0.3) is 0 Å². The SMILES string of the molecule is Cc1c(CC(=O)OC(C)(C)C)cc(OCc2ccccc2)c2ccccc12. The third kappa shape index (κ3) is 4.88. The van der Waals surface area contributed by atoms with E-state index in [1.807, 2.05) is 76.2 Å². The van der Waals surface area contributed by atoms with Crippen LogP contribution in [0, 0.1) is 6.92 Å². The molecule has 3 rings (SSSR count). The molecule has 0 fully saturated rings. The van der Waals surface area contributed by atoms with Crippen LogP contribution >= 0.6 is 0 Å². The monoisotopic (exact) mass is 362 g/mol. The van der Waals surface area contributed by atoms with E-state index in [4.69, 9.17) is 9.47 Å². The van der Waals surface area contributed by atoms with Crippen molar-refractivity contribution in [3.63, 3.8) is 0 Å². The van der Waals surface area contributed by atoms with Gasteiger partial charge in [-0.1, -0.05) is 54.6 Å². The first-order valence-corrected chi connectivity index (χ1v) is 9.23. The van der Waals surface area contributed by atoms with Crippen LogP contribution in [0.3, 0.4) is 0 Å². The summed E-state index contributed by atoms with van der Waals surface area (Å²) in [6.45, 7) is 8.18. The molecular weight excluding hydrogens is 336 g/mol. The predicted octanol–water partition coefficient (Wildman–Crippen LogP) is 5.61. The second kappa shape index (κ2) is 7.83. The molecule has 0 heterocycles. The van der Waals surface area contributed by atoms with E-state index in [1.165, 1.54) is 0 Å². The average molecular weight is 362 g/mol. The summed E-state index contributed by atoms with van der Waals surface area (Å²) in [7, 11) is 0. The molecule has 3 heteroatoms. The number of carbonyl (C=O) groups excluding carboxylic acids is 1.